The van der Waals surface area contributed by atoms with Crippen molar-refractivity contribution in [2.75, 3.05) is 0 Å². The molecule has 123 valence electrons. The molecule has 0 aliphatic rings. The molecule has 0 fully saturated rings. The van der Waals surface area contributed by atoms with Crippen LogP contribution in [0.15, 0.2) is 4.42 Å². The summed E-state index contributed by atoms with van der Waals surface area (Å²) in [5.74, 6) is 0.851. The number of hydrogen-bond acceptors (Lipinski definition) is 3. The van der Waals surface area contributed by atoms with Gasteiger partial charge >= 0.3 is 6.18 Å². The summed E-state index contributed by atoms with van der Waals surface area (Å²) < 4.78 is 42.5. The Morgan fingerprint density at radius 3 is 1.90 bits per heavy atom. The van der Waals surface area contributed by atoms with Gasteiger partial charge in [0.05, 0.1) is 0 Å². The van der Waals surface area contributed by atoms with Crippen LogP contribution in [0.2, 0.25) is 0 Å². The summed E-state index contributed by atoms with van der Waals surface area (Å²) in [4.78, 5) is 0. The average Bonchev–Trinajstić information content (AvgIpc) is 2.74. The fourth-order valence-corrected chi connectivity index (χ4v) is 2.38. The third kappa shape index (κ3) is 5.31. The van der Waals surface area contributed by atoms with E-state index in [1.807, 2.05) is 20.8 Å². The van der Waals surface area contributed by atoms with Crippen molar-refractivity contribution in [1.29, 1.82) is 0 Å². The number of rotatable bonds is 6. The number of hydrogen-bond donors (Lipinski definition) is 2. The first kappa shape index (κ1) is 21.6. The van der Waals surface area contributed by atoms with Crippen molar-refractivity contribution < 1.29 is 77.2 Å². The molecule has 0 aliphatic heterocycles. The molecule has 2 unspecified atom stereocenters. The zero-order valence-corrected chi connectivity index (χ0v) is 14.7. The summed E-state index contributed by atoms with van der Waals surface area (Å²) in [5, 5.41) is 19.0. The van der Waals surface area contributed by atoms with Crippen LogP contribution in [0.5, 0.6) is 0 Å². The van der Waals surface area contributed by atoms with Gasteiger partial charge in [0, 0.05) is 62.2 Å². The Kier molecular flexibility index (Phi) is 9.26. The van der Waals surface area contributed by atoms with Crippen LogP contribution in [0.4, 0.5) is 13.2 Å². The summed E-state index contributed by atoms with van der Waals surface area (Å²) in [6.45, 7) is 5.68. The molecule has 1 aromatic heterocycles. The maximum absolute atomic E-state index is 12.3. The topological polar surface area (TPSA) is 53.6 Å². The van der Waals surface area contributed by atoms with Crippen molar-refractivity contribution in [1.82, 2.24) is 0 Å². The van der Waals surface area contributed by atoms with Crippen LogP contribution in [-0.4, -0.2) is 22.5 Å². The van der Waals surface area contributed by atoms with Crippen LogP contribution in [0.1, 0.15) is 55.9 Å². The Morgan fingerprint density at radius 2 is 1.52 bits per heavy atom. The Morgan fingerprint density at radius 1 is 1.00 bits per heavy atom. The number of alkyl halides is 3. The number of aliphatic hydroxyl groups excluding tert-OH is 2. The van der Waals surface area contributed by atoms with Crippen molar-refractivity contribution in [2.24, 2.45) is 0 Å². The minimum Gasteiger partial charge on any atom is -0.463 e. The SMILES string of the molecule is CCc1oc(C(O)CC(O)C(F)(F)F)c(CC)c1CC.[Eu]. The Hall–Kier alpha value is 0.574. The van der Waals surface area contributed by atoms with Gasteiger partial charge in [-0.2, -0.15) is 13.2 Å². The molecule has 0 saturated heterocycles. The van der Waals surface area contributed by atoms with Crippen LogP contribution in [-0.2, 0) is 19.3 Å². The van der Waals surface area contributed by atoms with Gasteiger partial charge in [-0.25, -0.2) is 0 Å². The molecule has 7 heteroatoms. The van der Waals surface area contributed by atoms with Crippen molar-refractivity contribution >= 4 is 0 Å². The minimum absolute atomic E-state index is 0. The molecular weight excluding hydrogens is 425 g/mol. The summed E-state index contributed by atoms with van der Waals surface area (Å²) in [5.41, 5.74) is 1.71. The normalized spacial score (nSPS) is 14.7. The quantitative estimate of drug-likeness (QED) is 0.705. The number of aliphatic hydroxyl groups is 2. The van der Waals surface area contributed by atoms with Crippen molar-refractivity contribution in [2.45, 2.75) is 64.8 Å². The van der Waals surface area contributed by atoms with E-state index in [0.29, 0.717) is 25.0 Å². The molecule has 1 aromatic rings. The molecule has 0 aromatic carbocycles. The fraction of sp³-hybridized carbons (Fsp3) is 0.714. The van der Waals surface area contributed by atoms with Crippen LogP contribution < -0.4 is 0 Å². The molecule has 1 heterocycles. The number of aryl methyl sites for hydroxylation is 1. The smallest absolute Gasteiger partial charge is 0.414 e. The van der Waals surface area contributed by atoms with Gasteiger partial charge < -0.3 is 14.6 Å². The van der Waals surface area contributed by atoms with E-state index >= 15 is 0 Å². The van der Waals surface area contributed by atoms with Gasteiger partial charge in [-0.3, -0.25) is 0 Å². The minimum atomic E-state index is -4.73. The maximum Gasteiger partial charge on any atom is 0.414 e. The van der Waals surface area contributed by atoms with E-state index in [4.69, 9.17) is 9.52 Å². The molecule has 0 saturated carbocycles. The molecule has 0 spiro atoms. The first-order chi connectivity index (χ1) is 9.26. The molecule has 3 nitrogen and oxygen atoms in total. The molecule has 1 rings (SSSR count). The fourth-order valence-electron chi connectivity index (χ4n) is 2.38. The van der Waals surface area contributed by atoms with Crippen molar-refractivity contribution in [3.8, 4) is 0 Å². The maximum atomic E-state index is 12.3. The monoisotopic (exact) mass is 447 g/mol. The van der Waals surface area contributed by atoms with Gasteiger partial charge in [-0.15, -0.1) is 0 Å². The van der Waals surface area contributed by atoms with Gasteiger partial charge in [-0.1, -0.05) is 20.8 Å². The Labute approximate surface area is 163 Å². The van der Waals surface area contributed by atoms with Crippen LogP contribution in [0.3, 0.4) is 0 Å². The second kappa shape index (κ2) is 9.01. The van der Waals surface area contributed by atoms with E-state index in [2.05, 4.69) is 0 Å². The van der Waals surface area contributed by atoms with Crippen LogP contribution >= 0.6 is 0 Å². The zero-order valence-electron chi connectivity index (χ0n) is 12.3. The predicted molar refractivity (Wildman–Crippen MR) is 68.5 cm³/mol. The molecule has 0 amide bonds. The van der Waals surface area contributed by atoms with E-state index in [1.165, 1.54) is 0 Å². The first-order valence-electron chi connectivity index (χ1n) is 6.82. The van der Waals surface area contributed by atoms with Crippen molar-refractivity contribution in [3.63, 3.8) is 0 Å². The molecule has 0 aliphatic carbocycles. The van der Waals surface area contributed by atoms with E-state index in [9.17, 15) is 18.3 Å². The third-order valence-corrected chi connectivity index (χ3v) is 3.39. The van der Waals surface area contributed by atoms with Crippen LogP contribution in [0, 0.1) is 49.4 Å². The zero-order chi connectivity index (χ0) is 15.5. The molecular formula is C14H21EuF3O3. The summed E-state index contributed by atoms with van der Waals surface area (Å²) in [6, 6.07) is 0. The van der Waals surface area contributed by atoms with Gasteiger partial charge in [0.25, 0.3) is 0 Å². The first-order valence-corrected chi connectivity index (χ1v) is 6.82. The Bertz CT molecular complexity index is 443. The molecule has 2 atom stereocenters. The predicted octanol–water partition coefficient (Wildman–Crippen LogP) is 3.31. The molecule has 21 heavy (non-hydrogen) atoms. The standard InChI is InChI=1S/C14H21F3O3.Eu/c1-4-8-9(5-2)13(20-11(8)6-3)10(18)7-12(19)14(15,16)17;/h10,12,18-19H,4-7H2,1-3H3;. The summed E-state index contributed by atoms with van der Waals surface area (Å²) >= 11 is 0. The van der Waals surface area contributed by atoms with Crippen molar-refractivity contribution in [3.05, 3.63) is 22.6 Å². The number of furan rings is 1. The number of halogens is 3. The van der Waals surface area contributed by atoms with E-state index in [-0.39, 0.29) is 55.1 Å². The summed E-state index contributed by atoms with van der Waals surface area (Å²) in [6.07, 6.45) is -7.66. The van der Waals surface area contributed by atoms with E-state index in [1.54, 1.807) is 0 Å². The van der Waals surface area contributed by atoms with Gasteiger partial charge in [-0.05, 0) is 24.0 Å². The van der Waals surface area contributed by atoms with Crippen LogP contribution in [0.25, 0.3) is 0 Å². The molecule has 0 bridgehead atoms. The Balaban J connectivity index is 0.00000400. The third-order valence-electron chi connectivity index (χ3n) is 3.39. The van der Waals surface area contributed by atoms with E-state index in [0.717, 1.165) is 11.1 Å². The van der Waals surface area contributed by atoms with E-state index < -0.39 is 24.8 Å². The van der Waals surface area contributed by atoms with Gasteiger partial charge in [0.15, 0.2) is 6.10 Å². The second-order valence-corrected chi connectivity index (χ2v) is 4.72. The average molecular weight is 446 g/mol. The van der Waals surface area contributed by atoms with Gasteiger partial charge in [0.1, 0.15) is 17.6 Å². The molecule has 2 N–H and O–H groups in total. The summed E-state index contributed by atoms with van der Waals surface area (Å²) in [7, 11) is 0. The molecule has 1 radical (unpaired) electrons. The second-order valence-electron chi connectivity index (χ2n) is 4.72. The largest absolute Gasteiger partial charge is 0.463 e. The van der Waals surface area contributed by atoms with Gasteiger partial charge in [0.2, 0.25) is 0 Å².